The van der Waals surface area contributed by atoms with Crippen LogP contribution in [0.3, 0.4) is 0 Å². The summed E-state index contributed by atoms with van der Waals surface area (Å²) in [5.74, 6) is 1.47. The van der Waals surface area contributed by atoms with Crippen LogP contribution in [0.1, 0.15) is 13.3 Å². The van der Waals surface area contributed by atoms with E-state index < -0.39 is 0 Å². The van der Waals surface area contributed by atoms with Crippen molar-refractivity contribution in [3.63, 3.8) is 0 Å². The van der Waals surface area contributed by atoms with E-state index in [0.29, 0.717) is 5.92 Å². The molecule has 0 aromatic heterocycles. The lowest BCUT2D eigenvalue weighted by atomic mass is 9.95. The highest BCUT2D eigenvalue weighted by molar-refractivity contribution is 5.35. The fourth-order valence-electron chi connectivity index (χ4n) is 1.34. The Balaban J connectivity index is 2.94. The fraction of sp³-hybridized carbons (Fsp3) is 0.444. The summed E-state index contributed by atoms with van der Waals surface area (Å²) < 4.78 is 0. The van der Waals surface area contributed by atoms with E-state index in [2.05, 4.69) is 30.5 Å². The Morgan fingerprint density at radius 1 is 1.73 bits per heavy atom. The normalized spacial score (nSPS) is 24.3. The number of hydrogen-bond donors (Lipinski definition) is 1. The number of aliphatic imine (C=N–C) groups is 1. The zero-order valence-electron chi connectivity index (χ0n) is 6.93. The predicted molar refractivity (Wildman–Crippen MR) is 48.6 cm³/mol. The molecule has 1 atom stereocenters. The summed E-state index contributed by atoms with van der Waals surface area (Å²) in [6.45, 7) is 10.4. The first-order valence-electron chi connectivity index (χ1n) is 3.86. The molecule has 1 unspecified atom stereocenters. The van der Waals surface area contributed by atoms with Crippen molar-refractivity contribution in [3.8, 4) is 0 Å². The third-order valence-electron chi connectivity index (χ3n) is 2.05. The Bertz CT molecular complexity index is 204. The molecule has 11 heavy (non-hydrogen) atoms. The summed E-state index contributed by atoms with van der Waals surface area (Å²) in [5.41, 5.74) is 1.19. The van der Waals surface area contributed by atoms with Crippen LogP contribution >= 0.6 is 0 Å². The van der Waals surface area contributed by atoms with Gasteiger partial charge in [-0.25, -0.2) is 4.99 Å². The van der Waals surface area contributed by atoms with Gasteiger partial charge in [-0.05, 0) is 24.6 Å². The van der Waals surface area contributed by atoms with Crippen LogP contribution in [0.4, 0.5) is 0 Å². The van der Waals surface area contributed by atoms with Crippen LogP contribution in [0.25, 0.3) is 0 Å². The van der Waals surface area contributed by atoms with Gasteiger partial charge in [-0.3, -0.25) is 0 Å². The van der Waals surface area contributed by atoms with Gasteiger partial charge in [0, 0.05) is 6.54 Å². The second kappa shape index (κ2) is 3.37. The molecule has 0 aliphatic carbocycles. The molecule has 60 valence electrons. The Labute approximate surface area is 67.7 Å². The van der Waals surface area contributed by atoms with Crippen molar-refractivity contribution in [1.29, 1.82) is 0 Å². The summed E-state index contributed by atoms with van der Waals surface area (Å²) in [6.07, 6.45) is 3.02. The Morgan fingerprint density at radius 3 is 2.91 bits per heavy atom. The molecular formula is C9H14N2. The highest BCUT2D eigenvalue weighted by Crippen LogP contribution is 2.22. The summed E-state index contributed by atoms with van der Waals surface area (Å²) >= 11 is 0. The second-order valence-corrected chi connectivity index (χ2v) is 2.78. The first-order valence-corrected chi connectivity index (χ1v) is 3.86. The largest absolute Gasteiger partial charge is 0.370 e. The van der Waals surface area contributed by atoms with Gasteiger partial charge in [0.2, 0.25) is 0 Å². The van der Waals surface area contributed by atoms with Gasteiger partial charge in [-0.2, -0.15) is 0 Å². The third-order valence-corrected chi connectivity index (χ3v) is 2.05. The van der Waals surface area contributed by atoms with Gasteiger partial charge >= 0.3 is 0 Å². The second-order valence-electron chi connectivity index (χ2n) is 2.78. The molecular weight excluding hydrogens is 136 g/mol. The van der Waals surface area contributed by atoms with E-state index in [9.17, 15) is 0 Å². The maximum Gasteiger partial charge on any atom is 0.128 e. The van der Waals surface area contributed by atoms with E-state index >= 15 is 0 Å². The van der Waals surface area contributed by atoms with Gasteiger partial charge < -0.3 is 5.32 Å². The minimum Gasteiger partial charge on any atom is -0.370 e. The van der Waals surface area contributed by atoms with Crippen LogP contribution in [0.15, 0.2) is 29.0 Å². The molecule has 0 saturated carbocycles. The van der Waals surface area contributed by atoms with E-state index in [1.165, 1.54) is 5.57 Å². The molecule has 0 bridgehead atoms. The summed E-state index contributed by atoms with van der Waals surface area (Å²) in [6, 6.07) is 0. The van der Waals surface area contributed by atoms with E-state index in [1.54, 1.807) is 0 Å². The van der Waals surface area contributed by atoms with Gasteiger partial charge in [-0.15, -0.1) is 0 Å². The molecule has 1 aliphatic rings. The van der Waals surface area contributed by atoms with Crippen LogP contribution in [0.2, 0.25) is 0 Å². The minimum absolute atomic E-state index is 0.564. The Kier molecular flexibility index (Phi) is 2.47. The molecule has 0 amide bonds. The molecule has 1 aliphatic heterocycles. The molecule has 0 aromatic carbocycles. The number of rotatable bonds is 2. The Morgan fingerprint density at radius 2 is 2.45 bits per heavy atom. The fourth-order valence-corrected chi connectivity index (χ4v) is 1.34. The quantitative estimate of drug-likeness (QED) is 0.595. The molecule has 2 heteroatoms. The summed E-state index contributed by atoms with van der Waals surface area (Å²) in [7, 11) is 0. The van der Waals surface area contributed by atoms with Gasteiger partial charge in [0.15, 0.2) is 0 Å². The topological polar surface area (TPSA) is 24.4 Å². The van der Waals surface area contributed by atoms with Crippen molar-refractivity contribution in [1.82, 2.24) is 5.32 Å². The van der Waals surface area contributed by atoms with E-state index in [-0.39, 0.29) is 0 Å². The van der Waals surface area contributed by atoms with Crippen LogP contribution in [-0.2, 0) is 0 Å². The Hall–Kier alpha value is -1.05. The molecule has 1 N–H and O–H groups in total. The number of hydrogen-bond acceptors (Lipinski definition) is 2. The monoisotopic (exact) mass is 150 g/mol. The van der Waals surface area contributed by atoms with Gasteiger partial charge in [0.05, 0.1) is 0 Å². The molecule has 0 saturated heterocycles. The van der Waals surface area contributed by atoms with E-state index in [0.717, 1.165) is 18.8 Å². The standard InChI is InChI=1S/C9H14N2/c1-4-8-7(2)5-6-11-9(8)10-3/h4,7,11H,1,3,5-6H2,2H3. The van der Waals surface area contributed by atoms with Crippen LogP contribution < -0.4 is 5.32 Å². The molecule has 0 spiro atoms. The van der Waals surface area contributed by atoms with Crippen LogP contribution in [0.5, 0.6) is 0 Å². The predicted octanol–water partition coefficient (Wildman–Crippen LogP) is 1.71. The highest BCUT2D eigenvalue weighted by atomic mass is 15.0. The third kappa shape index (κ3) is 1.50. The first kappa shape index (κ1) is 8.05. The van der Waals surface area contributed by atoms with Crippen molar-refractivity contribution in [2.24, 2.45) is 10.9 Å². The highest BCUT2D eigenvalue weighted by Gasteiger charge is 2.15. The van der Waals surface area contributed by atoms with Crippen molar-refractivity contribution in [2.45, 2.75) is 13.3 Å². The number of nitrogens with one attached hydrogen (secondary N) is 1. The zero-order chi connectivity index (χ0) is 8.27. The summed E-state index contributed by atoms with van der Waals surface area (Å²) in [4.78, 5) is 3.90. The molecule has 0 radical (unpaired) electrons. The maximum absolute atomic E-state index is 3.90. The van der Waals surface area contributed by atoms with Crippen LogP contribution in [0, 0.1) is 5.92 Å². The SMILES string of the molecule is C=CC1=C(N=C)NCCC1C. The summed E-state index contributed by atoms with van der Waals surface area (Å²) in [5, 5.41) is 3.18. The molecule has 1 rings (SSSR count). The molecule has 0 fully saturated rings. The first-order chi connectivity index (χ1) is 5.29. The lowest BCUT2D eigenvalue weighted by molar-refractivity contribution is 0.544. The number of nitrogens with zero attached hydrogens (tertiary/aromatic N) is 1. The number of allylic oxidation sites excluding steroid dienone is 2. The van der Waals surface area contributed by atoms with Gasteiger partial charge in [-0.1, -0.05) is 19.6 Å². The molecule has 2 nitrogen and oxygen atoms in total. The van der Waals surface area contributed by atoms with Crippen LogP contribution in [-0.4, -0.2) is 13.3 Å². The van der Waals surface area contributed by atoms with Crippen molar-refractivity contribution in [3.05, 3.63) is 24.0 Å². The smallest absolute Gasteiger partial charge is 0.128 e. The van der Waals surface area contributed by atoms with E-state index in [4.69, 9.17) is 0 Å². The lowest BCUT2D eigenvalue weighted by Crippen LogP contribution is -2.24. The molecule has 0 aromatic rings. The van der Waals surface area contributed by atoms with Gasteiger partial charge in [0.1, 0.15) is 5.82 Å². The van der Waals surface area contributed by atoms with Gasteiger partial charge in [0.25, 0.3) is 0 Å². The average Bonchev–Trinajstić information content (AvgIpc) is 2.04. The van der Waals surface area contributed by atoms with E-state index in [1.807, 2.05) is 6.08 Å². The average molecular weight is 150 g/mol. The van der Waals surface area contributed by atoms with Crippen molar-refractivity contribution >= 4 is 6.72 Å². The lowest BCUT2D eigenvalue weighted by Gasteiger charge is -2.22. The maximum atomic E-state index is 3.90. The zero-order valence-corrected chi connectivity index (χ0v) is 6.93. The van der Waals surface area contributed by atoms with Crippen molar-refractivity contribution < 1.29 is 0 Å². The molecule has 1 heterocycles. The van der Waals surface area contributed by atoms with Crippen molar-refractivity contribution in [2.75, 3.05) is 6.54 Å². The minimum atomic E-state index is 0.564.